The highest BCUT2D eigenvalue weighted by molar-refractivity contribution is 7.13. The summed E-state index contributed by atoms with van der Waals surface area (Å²) in [5.74, 6) is -1.24. The quantitative estimate of drug-likeness (QED) is 0.683. The zero-order valence-corrected chi connectivity index (χ0v) is 11.9. The molecule has 2 heterocycles. The third-order valence-corrected chi connectivity index (χ3v) is 3.41. The maximum atomic E-state index is 13.2. The number of halogens is 2. The Bertz CT molecular complexity index is 793. The molecule has 0 atom stereocenters. The van der Waals surface area contributed by atoms with E-state index in [1.54, 1.807) is 11.6 Å². The normalized spacial score (nSPS) is 10.5. The summed E-state index contributed by atoms with van der Waals surface area (Å²) in [6, 6.07) is 3.42. The largest absolute Gasteiger partial charge is 0.393 e. The van der Waals surface area contributed by atoms with Crippen molar-refractivity contribution in [1.29, 1.82) is 0 Å². The third kappa shape index (κ3) is 2.93. The first-order chi connectivity index (χ1) is 10.6. The molecule has 0 saturated heterocycles. The van der Waals surface area contributed by atoms with E-state index >= 15 is 0 Å². The number of rotatable bonds is 4. The van der Waals surface area contributed by atoms with Crippen LogP contribution in [0, 0.1) is 11.6 Å². The van der Waals surface area contributed by atoms with Gasteiger partial charge in [-0.05, 0) is 12.1 Å². The molecule has 0 amide bonds. The Kier molecular flexibility index (Phi) is 3.79. The van der Waals surface area contributed by atoms with Gasteiger partial charge in [-0.25, -0.2) is 23.7 Å². The number of nitrogens with two attached hydrogens (primary N) is 1. The molecule has 1 aromatic carbocycles. The minimum atomic E-state index is -0.959. The van der Waals surface area contributed by atoms with Crippen LogP contribution in [0.5, 0.6) is 0 Å². The van der Waals surface area contributed by atoms with Crippen molar-refractivity contribution in [3.63, 3.8) is 0 Å². The van der Waals surface area contributed by atoms with Crippen molar-refractivity contribution in [3.05, 3.63) is 47.7 Å². The molecule has 2 aromatic heterocycles. The fourth-order valence-corrected chi connectivity index (χ4v) is 2.22. The Morgan fingerprint density at radius 2 is 1.77 bits per heavy atom. The van der Waals surface area contributed by atoms with Crippen molar-refractivity contribution in [1.82, 2.24) is 15.0 Å². The van der Waals surface area contributed by atoms with E-state index in [1.165, 1.54) is 23.7 Å². The molecule has 0 aliphatic carbocycles. The zero-order valence-electron chi connectivity index (χ0n) is 11.0. The Morgan fingerprint density at radius 3 is 2.45 bits per heavy atom. The molecule has 0 aliphatic heterocycles. The average molecular weight is 320 g/mol. The maximum absolute atomic E-state index is 13.2. The highest BCUT2D eigenvalue weighted by Crippen LogP contribution is 2.28. The first-order valence-corrected chi connectivity index (χ1v) is 7.00. The minimum absolute atomic E-state index is 0.238. The Morgan fingerprint density at radius 1 is 1.00 bits per heavy atom. The van der Waals surface area contributed by atoms with Crippen molar-refractivity contribution < 1.29 is 8.78 Å². The number of nitrogens with one attached hydrogen (secondary N) is 2. The van der Waals surface area contributed by atoms with E-state index in [0.29, 0.717) is 16.6 Å². The Labute approximate surface area is 128 Å². The summed E-state index contributed by atoms with van der Waals surface area (Å²) in [7, 11) is 0. The number of nitrogens with zero attached hydrogens (tertiary/aromatic N) is 3. The van der Waals surface area contributed by atoms with Crippen LogP contribution in [0.15, 0.2) is 36.1 Å². The predicted octanol–water partition coefficient (Wildman–Crippen LogP) is 3.28. The van der Waals surface area contributed by atoms with Crippen LogP contribution in [-0.4, -0.2) is 15.0 Å². The van der Waals surface area contributed by atoms with Gasteiger partial charge in [0.1, 0.15) is 12.0 Å². The fourth-order valence-electron chi connectivity index (χ4n) is 1.69. The number of aromatic nitrogens is 3. The lowest BCUT2D eigenvalue weighted by molar-refractivity contribution is 0.509. The lowest BCUT2D eigenvalue weighted by atomic mass is 10.3. The van der Waals surface area contributed by atoms with Gasteiger partial charge in [-0.3, -0.25) is 0 Å². The highest BCUT2D eigenvalue weighted by atomic mass is 32.1. The van der Waals surface area contributed by atoms with E-state index in [2.05, 4.69) is 25.6 Å². The lowest BCUT2D eigenvalue weighted by Gasteiger charge is -2.11. The lowest BCUT2D eigenvalue weighted by Crippen LogP contribution is -2.05. The van der Waals surface area contributed by atoms with Crippen molar-refractivity contribution in [2.75, 3.05) is 16.4 Å². The third-order valence-electron chi connectivity index (χ3n) is 2.72. The van der Waals surface area contributed by atoms with Gasteiger partial charge in [0.05, 0.1) is 0 Å². The number of benzene rings is 1. The van der Waals surface area contributed by atoms with Gasteiger partial charge < -0.3 is 16.4 Å². The van der Waals surface area contributed by atoms with Gasteiger partial charge in [-0.1, -0.05) is 0 Å². The molecule has 22 heavy (non-hydrogen) atoms. The van der Waals surface area contributed by atoms with E-state index in [1.807, 2.05) is 0 Å². The summed E-state index contributed by atoms with van der Waals surface area (Å²) in [4.78, 5) is 12.1. The molecule has 0 bridgehead atoms. The molecule has 112 valence electrons. The van der Waals surface area contributed by atoms with Crippen molar-refractivity contribution in [2.45, 2.75) is 0 Å². The second kappa shape index (κ2) is 5.90. The second-order valence-electron chi connectivity index (χ2n) is 4.20. The van der Waals surface area contributed by atoms with Gasteiger partial charge in [-0.15, -0.1) is 11.3 Å². The van der Waals surface area contributed by atoms with Gasteiger partial charge in [0.2, 0.25) is 0 Å². The molecule has 0 fully saturated rings. The van der Waals surface area contributed by atoms with Crippen LogP contribution in [0.25, 0.3) is 0 Å². The van der Waals surface area contributed by atoms with E-state index in [-0.39, 0.29) is 11.5 Å². The van der Waals surface area contributed by atoms with Crippen LogP contribution in [0.4, 0.5) is 36.9 Å². The van der Waals surface area contributed by atoms with E-state index in [0.717, 1.165) is 12.1 Å². The maximum Gasteiger partial charge on any atom is 0.188 e. The molecule has 9 heteroatoms. The van der Waals surface area contributed by atoms with E-state index in [4.69, 9.17) is 5.73 Å². The molecule has 0 spiro atoms. The molecule has 0 unspecified atom stereocenters. The standard InChI is InChI=1S/C13H10F2N6S/c14-8-2-1-7(5-9(8)15)20-11-10(16)12(19-6-18-11)21-13-17-3-4-22-13/h1-6H,16H2,(H2,17,18,19,20,21). The predicted molar refractivity (Wildman–Crippen MR) is 81.5 cm³/mol. The van der Waals surface area contributed by atoms with Crippen LogP contribution in [0.2, 0.25) is 0 Å². The fraction of sp³-hybridized carbons (Fsp3) is 0. The van der Waals surface area contributed by atoms with Crippen molar-refractivity contribution in [3.8, 4) is 0 Å². The molecule has 0 saturated carbocycles. The molecule has 3 aromatic rings. The van der Waals surface area contributed by atoms with Crippen LogP contribution in [0.1, 0.15) is 0 Å². The SMILES string of the molecule is Nc1c(Nc2ccc(F)c(F)c2)ncnc1Nc1nccs1. The molecule has 0 aliphatic rings. The van der Waals surface area contributed by atoms with Crippen molar-refractivity contribution >= 4 is 39.5 Å². The number of thiazole rings is 1. The first-order valence-electron chi connectivity index (χ1n) is 6.12. The number of anilines is 5. The molecular weight excluding hydrogens is 310 g/mol. The first kappa shape index (κ1) is 14.1. The van der Waals surface area contributed by atoms with Crippen molar-refractivity contribution in [2.24, 2.45) is 0 Å². The van der Waals surface area contributed by atoms with Crippen LogP contribution < -0.4 is 16.4 Å². The second-order valence-corrected chi connectivity index (χ2v) is 5.10. The molecule has 3 rings (SSSR count). The molecular formula is C13H10F2N6S. The summed E-state index contributed by atoms with van der Waals surface area (Å²) in [5, 5.41) is 8.21. The van der Waals surface area contributed by atoms with Crippen LogP contribution >= 0.6 is 11.3 Å². The van der Waals surface area contributed by atoms with Gasteiger partial charge >= 0.3 is 0 Å². The molecule has 6 nitrogen and oxygen atoms in total. The summed E-state index contributed by atoms with van der Waals surface area (Å²) in [5.41, 5.74) is 6.54. The summed E-state index contributed by atoms with van der Waals surface area (Å²) in [6.45, 7) is 0. The summed E-state index contributed by atoms with van der Waals surface area (Å²) >= 11 is 1.39. The van der Waals surface area contributed by atoms with E-state index < -0.39 is 11.6 Å². The minimum Gasteiger partial charge on any atom is -0.393 e. The van der Waals surface area contributed by atoms with Crippen LogP contribution in [-0.2, 0) is 0 Å². The monoisotopic (exact) mass is 320 g/mol. The summed E-state index contributed by atoms with van der Waals surface area (Å²) in [6.07, 6.45) is 2.94. The Hall–Kier alpha value is -2.81. The Balaban J connectivity index is 1.86. The van der Waals surface area contributed by atoms with Crippen LogP contribution in [0.3, 0.4) is 0 Å². The molecule has 4 N–H and O–H groups in total. The zero-order chi connectivity index (χ0) is 15.5. The summed E-state index contributed by atoms with van der Waals surface area (Å²) < 4.78 is 26.1. The average Bonchev–Trinajstić information content (AvgIpc) is 3.00. The van der Waals surface area contributed by atoms with Gasteiger partial charge in [0.15, 0.2) is 28.4 Å². The number of hydrogen-bond donors (Lipinski definition) is 3. The van der Waals surface area contributed by atoms with Gasteiger partial charge in [-0.2, -0.15) is 0 Å². The smallest absolute Gasteiger partial charge is 0.188 e. The molecule has 0 radical (unpaired) electrons. The topological polar surface area (TPSA) is 88.8 Å². The highest BCUT2D eigenvalue weighted by Gasteiger charge is 2.10. The number of nitrogen functional groups attached to an aromatic ring is 1. The van der Waals surface area contributed by atoms with Gasteiger partial charge in [0, 0.05) is 23.3 Å². The van der Waals surface area contributed by atoms with Gasteiger partial charge in [0.25, 0.3) is 0 Å². The van der Waals surface area contributed by atoms with E-state index in [9.17, 15) is 8.78 Å². The number of hydrogen-bond acceptors (Lipinski definition) is 7.